The number of hydrogen-bond acceptors (Lipinski definition) is 1. The van der Waals surface area contributed by atoms with Gasteiger partial charge in [-0.2, -0.15) is 0 Å². The van der Waals surface area contributed by atoms with Crippen LogP contribution in [0.15, 0.2) is 16.6 Å². The van der Waals surface area contributed by atoms with Gasteiger partial charge >= 0.3 is 5.97 Å². The van der Waals surface area contributed by atoms with Crippen molar-refractivity contribution in [1.29, 1.82) is 0 Å². The fourth-order valence-corrected chi connectivity index (χ4v) is 1.75. The summed E-state index contributed by atoms with van der Waals surface area (Å²) >= 11 is 2.87. The number of halogens is 3. The van der Waals surface area contributed by atoms with Gasteiger partial charge in [0.25, 0.3) is 0 Å². The van der Waals surface area contributed by atoms with Crippen molar-refractivity contribution in [2.45, 2.75) is 19.3 Å². The molecule has 15 heavy (non-hydrogen) atoms. The Balaban J connectivity index is 3.07. The van der Waals surface area contributed by atoms with Crippen LogP contribution in [0.25, 0.3) is 0 Å². The van der Waals surface area contributed by atoms with E-state index in [0.717, 1.165) is 12.1 Å². The summed E-state index contributed by atoms with van der Waals surface area (Å²) in [5, 5.41) is 8.55. The van der Waals surface area contributed by atoms with Gasteiger partial charge in [0.2, 0.25) is 0 Å². The minimum atomic E-state index is -1.04. The summed E-state index contributed by atoms with van der Waals surface area (Å²) in [7, 11) is 0. The molecular weight excluding hydrogens is 270 g/mol. The second-order valence-electron chi connectivity index (χ2n) is 3.29. The summed E-state index contributed by atoms with van der Waals surface area (Å²) in [5.41, 5.74) is 0.0734. The Hall–Kier alpha value is -0.970. The van der Waals surface area contributed by atoms with Gasteiger partial charge in [-0.1, -0.05) is 6.92 Å². The third kappa shape index (κ3) is 2.99. The predicted octanol–water partition coefficient (Wildman–Crippen LogP) is 3.31. The normalized spacial score (nSPS) is 12.5. The van der Waals surface area contributed by atoms with Crippen LogP contribution in [0, 0.1) is 11.6 Å². The van der Waals surface area contributed by atoms with Crippen LogP contribution in [0.1, 0.15) is 24.8 Å². The number of aliphatic carboxylic acids is 1. The zero-order valence-corrected chi connectivity index (χ0v) is 9.51. The van der Waals surface area contributed by atoms with E-state index >= 15 is 0 Å². The third-order valence-corrected chi connectivity index (χ3v) is 2.61. The first kappa shape index (κ1) is 12.1. The second-order valence-corrected chi connectivity index (χ2v) is 4.14. The smallest absolute Gasteiger partial charge is 0.303 e. The van der Waals surface area contributed by atoms with Crippen molar-refractivity contribution in [2.75, 3.05) is 0 Å². The van der Waals surface area contributed by atoms with Gasteiger partial charge in [-0.25, -0.2) is 8.78 Å². The Morgan fingerprint density at radius 2 is 2.13 bits per heavy atom. The molecule has 0 radical (unpaired) electrons. The van der Waals surface area contributed by atoms with E-state index in [1.807, 2.05) is 0 Å². The Labute approximate surface area is 94.0 Å². The van der Waals surface area contributed by atoms with Crippen molar-refractivity contribution < 1.29 is 18.7 Å². The Kier molecular flexibility index (Phi) is 3.79. The van der Waals surface area contributed by atoms with Gasteiger partial charge in [0.1, 0.15) is 11.6 Å². The van der Waals surface area contributed by atoms with Gasteiger partial charge in [-0.15, -0.1) is 0 Å². The molecule has 82 valence electrons. The lowest BCUT2D eigenvalue weighted by Crippen LogP contribution is -2.05. The van der Waals surface area contributed by atoms with E-state index in [0.29, 0.717) is 0 Å². The molecule has 0 fully saturated rings. The van der Waals surface area contributed by atoms with Crippen molar-refractivity contribution >= 4 is 21.9 Å². The third-order valence-electron chi connectivity index (χ3n) is 2.03. The van der Waals surface area contributed by atoms with Crippen LogP contribution in [0.5, 0.6) is 0 Å². The first-order chi connectivity index (χ1) is 6.91. The molecule has 0 aliphatic carbocycles. The van der Waals surface area contributed by atoms with E-state index < -0.39 is 23.5 Å². The van der Waals surface area contributed by atoms with Gasteiger partial charge in [-0.05, 0) is 39.5 Å². The molecule has 1 aromatic rings. The average Bonchev–Trinajstić information content (AvgIpc) is 2.09. The molecule has 2 nitrogen and oxygen atoms in total. The molecular formula is C10H9BrF2O2. The maximum atomic E-state index is 13.5. The summed E-state index contributed by atoms with van der Waals surface area (Å²) < 4.78 is 26.4. The fraction of sp³-hybridized carbons (Fsp3) is 0.300. The zero-order valence-electron chi connectivity index (χ0n) is 7.93. The first-order valence-electron chi connectivity index (χ1n) is 4.28. The van der Waals surface area contributed by atoms with Crippen LogP contribution in [-0.4, -0.2) is 11.1 Å². The number of carboxylic acid groups (broad SMARTS) is 1. The monoisotopic (exact) mass is 278 g/mol. The van der Waals surface area contributed by atoms with Gasteiger partial charge in [-0.3, -0.25) is 4.79 Å². The van der Waals surface area contributed by atoms with E-state index in [-0.39, 0.29) is 16.5 Å². The molecule has 0 aliphatic rings. The summed E-state index contributed by atoms with van der Waals surface area (Å²) in [6.45, 7) is 1.54. The molecule has 0 amide bonds. The van der Waals surface area contributed by atoms with E-state index in [2.05, 4.69) is 15.9 Å². The van der Waals surface area contributed by atoms with Crippen molar-refractivity contribution in [3.8, 4) is 0 Å². The van der Waals surface area contributed by atoms with Crippen LogP contribution in [-0.2, 0) is 4.79 Å². The van der Waals surface area contributed by atoms with E-state index in [1.165, 1.54) is 0 Å². The van der Waals surface area contributed by atoms with Crippen LogP contribution >= 0.6 is 15.9 Å². The van der Waals surface area contributed by atoms with Crippen molar-refractivity contribution in [1.82, 2.24) is 0 Å². The molecule has 1 unspecified atom stereocenters. The van der Waals surface area contributed by atoms with E-state index in [1.54, 1.807) is 6.92 Å². The maximum absolute atomic E-state index is 13.5. The lowest BCUT2D eigenvalue weighted by atomic mass is 9.97. The highest BCUT2D eigenvalue weighted by Gasteiger charge is 2.17. The molecule has 1 atom stereocenters. The summed E-state index contributed by atoms with van der Waals surface area (Å²) in [6.07, 6.45) is -0.229. The van der Waals surface area contributed by atoms with E-state index in [4.69, 9.17) is 5.11 Å². The number of hydrogen-bond donors (Lipinski definition) is 1. The average molecular weight is 279 g/mol. The molecule has 5 heteroatoms. The quantitative estimate of drug-likeness (QED) is 0.862. The summed E-state index contributed by atoms with van der Waals surface area (Å²) in [6, 6.07) is 2.03. The summed E-state index contributed by atoms with van der Waals surface area (Å²) in [5.74, 6) is -2.79. The molecule has 0 aliphatic heterocycles. The lowest BCUT2D eigenvalue weighted by Gasteiger charge is -2.11. The number of rotatable bonds is 3. The molecule has 0 bridgehead atoms. The van der Waals surface area contributed by atoms with Crippen molar-refractivity contribution in [2.24, 2.45) is 0 Å². The van der Waals surface area contributed by atoms with Crippen LogP contribution < -0.4 is 0 Å². The molecule has 0 spiro atoms. The van der Waals surface area contributed by atoms with Crippen LogP contribution in [0.2, 0.25) is 0 Å². The highest BCUT2D eigenvalue weighted by Crippen LogP contribution is 2.28. The van der Waals surface area contributed by atoms with Crippen molar-refractivity contribution in [3.63, 3.8) is 0 Å². The topological polar surface area (TPSA) is 37.3 Å². The second kappa shape index (κ2) is 4.70. The molecule has 0 saturated carbocycles. The highest BCUT2D eigenvalue weighted by molar-refractivity contribution is 9.10. The molecule has 1 N–H and O–H groups in total. The number of carboxylic acids is 1. The molecule has 0 aromatic heterocycles. The van der Waals surface area contributed by atoms with Crippen LogP contribution in [0.3, 0.4) is 0 Å². The Bertz CT molecular complexity index is 393. The number of benzene rings is 1. The first-order valence-corrected chi connectivity index (χ1v) is 5.07. The maximum Gasteiger partial charge on any atom is 0.303 e. The molecule has 1 rings (SSSR count). The minimum absolute atomic E-state index is 0.00902. The van der Waals surface area contributed by atoms with Gasteiger partial charge < -0.3 is 5.11 Å². The molecule has 0 saturated heterocycles. The SMILES string of the molecule is CC(CC(=O)O)c1cc(F)cc(Br)c1F. The Morgan fingerprint density at radius 1 is 1.53 bits per heavy atom. The number of carbonyl (C=O) groups is 1. The molecule has 0 heterocycles. The predicted molar refractivity (Wildman–Crippen MR) is 54.7 cm³/mol. The molecule has 1 aromatic carbocycles. The minimum Gasteiger partial charge on any atom is -0.481 e. The largest absolute Gasteiger partial charge is 0.481 e. The van der Waals surface area contributed by atoms with Gasteiger partial charge in [0.05, 0.1) is 10.9 Å². The zero-order chi connectivity index (χ0) is 11.6. The van der Waals surface area contributed by atoms with E-state index in [9.17, 15) is 13.6 Å². The van der Waals surface area contributed by atoms with Gasteiger partial charge in [0, 0.05) is 0 Å². The van der Waals surface area contributed by atoms with Crippen molar-refractivity contribution in [3.05, 3.63) is 33.8 Å². The van der Waals surface area contributed by atoms with Crippen LogP contribution in [0.4, 0.5) is 8.78 Å². The summed E-state index contributed by atoms with van der Waals surface area (Å²) in [4.78, 5) is 10.4. The van der Waals surface area contributed by atoms with Gasteiger partial charge in [0.15, 0.2) is 0 Å². The highest BCUT2D eigenvalue weighted by atomic mass is 79.9. The standard InChI is InChI=1S/C10H9BrF2O2/c1-5(2-9(14)15)7-3-6(12)4-8(11)10(7)13/h3-5H,2H2,1H3,(H,14,15). The Morgan fingerprint density at radius 3 is 2.67 bits per heavy atom. The fourth-order valence-electron chi connectivity index (χ4n) is 1.31. The lowest BCUT2D eigenvalue weighted by molar-refractivity contribution is -0.137.